The molecular formula is C29H35FN6OS. The topological polar surface area (TPSA) is 60.5 Å². The van der Waals surface area contributed by atoms with Crippen molar-refractivity contribution in [3.8, 4) is 11.4 Å². The van der Waals surface area contributed by atoms with Crippen molar-refractivity contribution < 1.29 is 9.13 Å². The van der Waals surface area contributed by atoms with E-state index in [0.717, 1.165) is 65.7 Å². The molecule has 200 valence electrons. The summed E-state index contributed by atoms with van der Waals surface area (Å²) in [6.07, 6.45) is 8.45. The lowest BCUT2D eigenvalue weighted by molar-refractivity contribution is 0.0618. The Morgan fingerprint density at radius 3 is 2.61 bits per heavy atom. The van der Waals surface area contributed by atoms with Crippen LogP contribution in [0.4, 0.5) is 10.2 Å². The molecule has 3 aromatic heterocycles. The summed E-state index contributed by atoms with van der Waals surface area (Å²) in [5.41, 5.74) is 2.25. The van der Waals surface area contributed by atoms with E-state index in [1.54, 1.807) is 17.4 Å². The molecule has 1 N–H and O–H groups in total. The van der Waals surface area contributed by atoms with Crippen LogP contribution < -0.4 is 4.90 Å². The first-order valence-electron chi connectivity index (χ1n) is 14.0. The summed E-state index contributed by atoms with van der Waals surface area (Å²) in [5.74, 6) is 1.05. The number of H-pyrrole nitrogens is 1. The summed E-state index contributed by atoms with van der Waals surface area (Å²) in [6, 6.07) is 8.90. The molecule has 2 aliphatic heterocycles. The molecule has 38 heavy (non-hydrogen) atoms. The van der Waals surface area contributed by atoms with Gasteiger partial charge in [-0.15, -0.1) is 11.3 Å². The number of ether oxygens (including phenoxy) is 1. The van der Waals surface area contributed by atoms with Crippen molar-refractivity contribution in [2.75, 3.05) is 51.3 Å². The van der Waals surface area contributed by atoms with Gasteiger partial charge < -0.3 is 19.5 Å². The SMILES string of the molecule is CN(C1CCC1)C1CCN(Cc2cc3nc(-c4c(F)ccc5[nH]ccc45)nc(N4CCOCC4)c3s2)CC1. The number of benzene rings is 1. The third-order valence-corrected chi connectivity index (χ3v) is 9.89. The van der Waals surface area contributed by atoms with E-state index < -0.39 is 0 Å². The van der Waals surface area contributed by atoms with Crippen LogP contribution in [0.15, 0.2) is 30.5 Å². The van der Waals surface area contributed by atoms with Crippen LogP contribution in [0.3, 0.4) is 0 Å². The van der Waals surface area contributed by atoms with Crippen molar-refractivity contribution in [2.24, 2.45) is 0 Å². The highest BCUT2D eigenvalue weighted by Gasteiger charge is 2.30. The molecule has 0 unspecified atom stereocenters. The lowest BCUT2D eigenvalue weighted by Gasteiger charge is -2.43. The van der Waals surface area contributed by atoms with Gasteiger partial charge in [0, 0.05) is 66.8 Å². The number of piperidine rings is 1. The maximum absolute atomic E-state index is 15.2. The van der Waals surface area contributed by atoms with Gasteiger partial charge in [0.2, 0.25) is 0 Å². The summed E-state index contributed by atoms with van der Waals surface area (Å²) in [4.78, 5) is 21.9. The minimum Gasteiger partial charge on any atom is -0.378 e. The number of likely N-dealkylation sites (tertiary alicyclic amines) is 1. The van der Waals surface area contributed by atoms with Crippen LogP contribution in [-0.4, -0.2) is 83.3 Å². The zero-order valence-electron chi connectivity index (χ0n) is 22.0. The summed E-state index contributed by atoms with van der Waals surface area (Å²) in [5, 5.41) is 0.808. The number of thiophene rings is 1. The molecule has 1 aliphatic carbocycles. The minimum atomic E-state index is -0.297. The number of halogens is 1. The van der Waals surface area contributed by atoms with Crippen molar-refractivity contribution in [1.82, 2.24) is 24.8 Å². The third-order valence-electron chi connectivity index (χ3n) is 8.79. The van der Waals surface area contributed by atoms with Gasteiger partial charge in [-0.2, -0.15) is 0 Å². The first-order chi connectivity index (χ1) is 18.6. The largest absolute Gasteiger partial charge is 0.378 e. The van der Waals surface area contributed by atoms with E-state index in [-0.39, 0.29) is 5.82 Å². The fraction of sp³-hybridized carbons (Fsp3) is 0.517. The number of nitrogens with one attached hydrogen (secondary N) is 1. The summed E-state index contributed by atoms with van der Waals surface area (Å²) in [7, 11) is 2.33. The Morgan fingerprint density at radius 2 is 1.84 bits per heavy atom. The van der Waals surface area contributed by atoms with Crippen LogP contribution in [0.1, 0.15) is 37.0 Å². The van der Waals surface area contributed by atoms with E-state index in [0.29, 0.717) is 30.6 Å². The summed E-state index contributed by atoms with van der Waals surface area (Å²) in [6.45, 7) is 6.08. The molecule has 0 atom stereocenters. The van der Waals surface area contributed by atoms with E-state index in [9.17, 15) is 0 Å². The normalized spacial score (nSPS) is 20.1. The maximum Gasteiger partial charge on any atom is 0.165 e. The van der Waals surface area contributed by atoms with Gasteiger partial charge in [0.05, 0.1) is 29.0 Å². The second-order valence-corrected chi connectivity index (χ2v) is 12.2. The quantitative estimate of drug-likeness (QED) is 0.364. The number of anilines is 1. The number of aromatic amines is 1. The lowest BCUT2D eigenvalue weighted by atomic mass is 9.89. The summed E-state index contributed by atoms with van der Waals surface area (Å²) < 4.78 is 21.9. The van der Waals surface area contributed by atoms with Crippen LogP contribution in [0, 0.1) is 5.82 Å². The molecule has 9 heteroatoms. The Morgan fingerprint density at radius 1 is 1.05 bits per heavy atom. The van der Waals surface area contributed by atoms with Gasteiger partial charge in [-0.3, -0.25) is 4.90 Å². The average molecular weight is 535 g/mol. The Labute approximate surface area is 226 Å². The van der Waals surface area contributed by atoms with Crippen molar-refractivity contribution in [3.05, 3.63) is 41.2 Å². The lowest BCUT2D eigenvalue weighted by Crippen LogP contribution is -2.48. The smallest absolute Gasteiger partial charge is 0.165 e. The number of rotatable bonds is 6. The molecule has 3 fully saturated rings. The fourth-order valence-electron chi connectivity index (χ4n) is 6.27. The standard InChI is InChI=1S/C29H35FN6OS/c1-34(19-3-2-4-19)20-8-11-35(12-9-20)18-21-17-25-27(38-21)29(36-13-15-37-16-14-36)33-28(32-25)26-22-7-10-31-24(22)6-5-23(26)30/h5-7,10,17,19-20,31H,2-4,8-9,11-16,18H2,1H3. The van der Waals surface area contributed by atoms with Crippen LogP contribution in [0.25, 0.3) is 32.5 Å². The molecule has 1 saturated carbocycles. The zero-order chi connectivity index (χ0) is 25.6. The van der Waals surface area contributed by atoms with E-state index in [4.69, 9.17) is 14.7 Å². The second kappa shape index (κ2) is 10.2. The van der Waals surface area contributed by atoms with Gasteiger partial charge in [-0.25, -0.2) is 14.4 Å². The molecule has 0 spiro atoms. The predicted molar refractivity (Wildman–Crippen MR) is 151 cm³/mol. The highest BCUT2D eigenvalue weighted by molar-refractivity contribution is 7.19. The molecule has 0 bridgehead atoms. The van der Waals surface area contributed by atoms with Crippen LogP contribution >= 0.6 is 11.3 Å². The number of hydrogen-bond acceptors (Lipinski definition) is 7. The highest BCUT2D eigenvalue weighted by atomic mass is 32.1. The van der Waals surface area contributed by atoms with Crippen molar-refractivity contribution in [3.63, 3.8) is 0 Å². The zero-order valence-corrected chi connectivity index (χ0v) is 22.8. The minimum absolute atomic E-state index is 0.297. The van der Waals surface area contributed by atoms with Gasteiger partial charge in [-0.05, 0) is 57.0 Å². The van der Waals surface area contributed by atoms with Crippen LogP contribution in [-0.2, 0) is 11.3 Å². The van der Waals surface area contributed by atoms with Gasteiger partial charge in [0.25, 0.3) is 0 Å². The molecular weight excluding hydrogens is 499 g/mol. The predicted octanol–water partition coefficient (Wildman–Crippen LogP) is 5.26. The molecule has 7 nitrogen and oxygen atoms in total. The van der Waals surface area contributed by atoms with Gasteiger partial charge in [-0.1, -0.05) is 6.42 Å². The maximum atomic E-state index is 15.2. The van der Waals surface area contributed by atoms with Crippen LogP contribution in [0.2, 0.25) is 0 Å². The number of nitrogens with zero attached hydrogens (tertiary/aromatic N) is 5. The third kappa shape index (κ3) is 4.49. The van der Waals surface area contributed by atoms with Crippen molar-refractivity contribution in [2.45, 2.75) is 50.7 Å². The van der Waals surface area contributed by atoms with E-state index in [2.05, 4.69) is 32.8 Å². The van der Waals surface area contributed by atoms with Crippen molar-refractivity contribution in [1.29, 1.82) is 0 Å². The monoisotopic (exact) mass is 534 g/mol. The van der Waals surface area contributed by atoms with Crippen LogP contribution in [0.5, 0.6) is 0 Å². The molecule has 2 saturated heterocycles. The molecule has 3 aliphatic rings. The first kappa shape index (κ1) is 24.5. The molecule has 5 heterocycles. The Bertz CT molecular complexity index is 1430. The average Bonchev–Trinajstić information content (AvgIpc) is 3.54. The fourth-order valence-corrected chi connectivity index (χ4v) is 7.43. The number of fused-ring (bicyclic) bond motifs is 2. The van der Waals surface area contributed by atoms with Gasteiger partial charge >= 0.3 is 0 Å². The highest BCUT2D eigenvalue weighted by Crippen LogP contribution is 2.37. The molecule has 1 aromatic carbocycles. The number of hydrogen-bond donors (Lipinski definition) is 1. The van der Waals surface area contributed by atoms with Crippen molar-refractivity contribution >= 4 is 38.3 Å². The number of morpholine rings is 1. The molecule has 0 amide bonds. The molecule has 4 aromatic rings. The van der Waals surface area contributed by atoms with E-state index in [1.165, 1.54) is 43.0 Å². The second-order valence-electron chi connectivity index (χ2n) is 11.0. The van der Waals surface area contributed by atoms with E-state index in [1.807, 2.05) is 12.3 Å². The van der Waals surface area contributed by atoms with E-state index >= 15 is 4.39 Å². The Balaban J connectivity index is 1.19. The Kier molecular flexibility index (Phi) is 6.55. The Hall–Kier alpha value is -2.59. The summed E-state index contributed by atoms with van der Waals surface area (Å²) >= 11 is 1.79. The first-order valence-corrected chi connectivity index (χ1v) is 14.8. The number of aromatic nitrogens is 3. The molecule has 7 rings (SSSR count). The van der Waals surface area contributed by atoms with Gasteiger partial charge in [0.15, 0.2) is 11.6 Å². The molecule has 0 radical (unpaired) electrons. The van der Waals surface area contributed by atoms with Gasteiger partial charge in [0.1, 0.15) is 5.82 Å².